The van der Waals surface area contributed by atoms with Crippen molar-refractivity contribution in [3.63, 3.8) is 0 Å². The number of hydrogen-bond donors (Lipinski definition) is 2. The topological polar surface area (TPSA) is 83.8 Å². The predicted molar refractivity (Wildman–Crippen MR) is 115 cm³/mol. The molecule has 29 heavy (non-hydrogen) atoms. The van der Waals surface area contributed by atoms with Crippen LogP contribution < -0.4 is 0 Å². The zero-order chi connectivity index (χ0) is 21.6. The molecule has 0 aromatic carbocycles. The van der Waals surface area contributed by atoms with Gasteiger partial charge in [0.05, 0.1) is 18.8 Å². The number of carbonyl (C=O) groups excluding carboxylic acids is 2. The van der Waals surface area contributed by atoms with Crippen molar-refractivity contribution in [3.05, 3.63) is 24.3 Å². The number of Topliss-reactive ketones (excluding diaryl/α,β-unsaturated/α-hetero) is 1. The fourth-order valence-electron chi connectivity index (χ4n) is 3.90. The van der Waals surface area contributed by atoms with Gasteiger partial charge in [-0.25, -0.2) is 0 Å². The van der Waals surface area contributed by atoms with Gasteiger partial charge in [-0.15, -0.1) is 0 Å². The summed E-state index contributed by atoms with van der Waals surface area (Å²) in [5.41, 5.74) is 0. The fourth-order valence-corrected chi connectivity index (χ4v) is 3.90. The van der Waals surface area contributed by atoms with E-state index in [0.29, 0.717) is 31.8 Å². The van der Waals surface area contributed by atoms with Gasteiger partial charge in [0.25, 0.3) is 0 Å². The summed E-state index contributed by atoms with van der Waals surface area (Å²) in [5, 5.41) is 20.5. The fraction of sp³-hybridized carbons (Fsp3) is 0.750. The second-order valence-corrected chi connectivity index (χ2v) is 8.27. The number of aliphatic hydroxyl groups is 2. The lowest BCUT2D eigenvalue weighted by atomic mass is 9.89. The van der Waals surface area contributed by atoms with Crippen LogP contribution in [0, 0.1) is 17.8 Å². The Morgan fingerprint density at radius 1 is 1.28 bits per heavy atom. The number of aliphatic hydroxyl groups excluding tert-OH is 2. The molecule has 0 bridgehead atoms. The quantitative estimate of drug-likeness (QED) is 0.253. The molecule has 0 heterocycles. The molecule has 0 aliphatic heterocycles. The maximum atomic E-state index is 12.3. The molecule has 1 saturated carbocycles. The minimum atomic E-state index is -0.637. The first-order valence-electron chi connectivity index (χ1n) is 11.3. The highest BCUT2D eigenvalue weighted by molar-refractivity contribution is 5.86. The predicted octanol–water partition coefficient (Wildman–Crippen LogP) is 4.37. The van der Waals surface area contributed by atoms with Crippen LogP contribution in [-0.4, -0.2) is 40.8 Å². The molecule has 0 aromatic heterocycles. The highest BCUT2D eigenvalue weighted by atomic mass is 16.5. The molecule has 0 aromatic rings. The van der Waals surface area contributed by atoms with Crippen molar-refractivity contribution in [1.29, 1.82) is 0 Å². The molecule has 0 unspecified atom stereocenters. The number of ether oxygens (including phenoxy) is 1. The van der Waals surface area contributed by atoms with E-state index in [1.165, 1.54) is 6.42 Å². The Bertz CT molecular complexity index is 539. The van der Waals surface area contributed by atoms with Gasteiger partial charge in [-0.2, -0.15) is 0 Å². The van der Waals surface area contributed by atoms with Crippen LogP contribution >= 0.6 is 0 Å². The summed E-state index contributed by atoms with van der Waals surface area (Å²) in [6.45, 7) is 6.51. The van der Waals surface area contributed by atoms with Crippen molar-refractivity contribution in [2.24, 2.45) is 17.8 Å². The van der Waals surface area contributed by atoms with Crippen LogP contribution in [0.5, 0.6) is 0 Å². The molecule has 5 heteroatoms. The van der Waals surface area contributed by atoms with E-state index in [-0.39, 0.29) is 30.0 Å². The molecule has 2 N–H and O–H groups in total. The maximum absolute atomic E-state index is 12.3. The summed E-state index contributed by atoms with van der Waals surface area (Å²) in [6, 6.07) is 0. The lowest BCUT2D eigenvalue weighted by molar-refractivity contribution is -0.143. The second-order valence-electron chi connectivity index (χ2n) is 8.27. The Morgan fingerprint density at radius 2 is 2.03 bits per heavy atom. The Hall–Kier alpha value is -1.46. The maximum Gasteiger partial charge on any atom is 0.305 e. The van der Waals surface area contributed by atoms with Crippen LogP contribution in [0.4, 0.5) is 0 Å². The van der Waals surface area contributed by atoms with Gasteiger partial charge in [-0.1, -0.05) is 57.4 Å². The molecule has 1 rings (SSSR count). The number of ketones is 1. The van der Waals surface area contributed by atoms with E-state index in [1.807, 2.05) is 12.2 Å². The van der Waals surface area contributed by atoms with Crippen molar-refractivity contribution in [3.8, 4) is 0 Å². The monoisotopic (exact) mass is 408 g/mol. The summed E-state index contributed by atoms with van der Waals surface area (Å²) in [4.78, 5) is 23.6. The standard InChI is InChI=1S/C24H40O5/c1-4-6-11-18(3)16-19(25)14-15-21-20(22(26)17-23(21)27)12-9-7-8-10-13-24(28)29-5-2/h7,9,14-15,18-22,25-26H,4-6,8,10-13,16-17H2,1-3H3/b9-7-,15-14+/t18-,19+,20+,21+,22-/m0/s1. The second kappa shape index (κ2) is 14.5. The number of allylic oxidation sites excluding steroid dienone is 3. The summed E-state index contributed by atoms with van der Waals surface area (Å²) >= 11 is 0. The highest BCUT2D eigenvalue weighted by Crippen LogP contribution is 2.33. The Kier molecular flexibility index (Phi) is 12.8. The van der Waals surface area contributed by atoms with E-state index < -0.39 is 12.2 Å². The van der Waals surface area contributed by atoms with Gasteiger partial charge in [0.1, 0.15) is 5.78 Å². The average molecular weight is 409 g/mol. The molecule has 5 atom stereocenters. The zero-order valence-electron chi connectivity index (χ0n) is 18.4. The number of unbranched alkanes of at least 4 members (excludes halogenated alkanes) is 2. The molecular formula is C24H40O5. The van der Waals surface area contributed by atoms with E-state index in [9.17, 15) is 19.8 Å². The molecule has 1 aliphatic carbocycles. The third-order valence-electron chi connectivity index (χ3n) is 5.60. The third kappa shape index (κ3) is 10.2. The van der Waals surface area contributed by atoms with Gasteiger partial charge in [0.2, 0.25) is 0 Å². The molecule has 0 saturated heterocycles. The number of rotatable bonds is 14. The first-order valence-corrected chi connectivity index (χ1v) is 11.3. The van der Waals surface area contributed by atoms with Gasteiger partial charge in [-0.3, -0.25) is 9.59 Å². The van der Waals surface area contributed by atoms with Crippen LogP contribution in [0.1, 0.15) is 78.6 Å². The van der Waals surface area contributed by atoms with Crippen molar-refractivity contribution >= 4 is 11.8 Å². The summed E-state index contributed by atoms with van der Waals surface area (Å²) < 4.78 is 4.90. The van der Waals surface area contributed by atoms with Gasteiger partial charge in [0, 0.05) is 24.7 Å². The van der Waals surface area contributed by atoms with Gasteiger partial charge >= 0.3 is 5.97 Å². The SMILES string of the molecule is CCCC[C@H](C)C[C@H](O)/C=C/[C@H]1C(=O)C[C@H](O)[C@@H]1C/C=C\CCCC(=O)OCC. The van der Waals surface area contributed by atoms with Gasteiger partial charge < -0.3 is 14.9 Å². The van der Waals surface area contributed by atoms with Crippen molar-refractivity contribution in [2.45, 2.75) is 90.8 Å². The van der Waals surface area contributed by atoms with E-state index >= 15 is 0 Å². The van der Waals surface area contributed by atoms with E-state index in [4.69, 9.17) is 4.74 Å². The molecule has 1 aliphatic rings. The summed E-state index contributed by atoms with van der Waals surface area (Å²) in [7, 11) is 0. The molecule has 1 fully saturated rings. The smallest absolute Gasteiger partial charge is 0.305 e. The third-order valence-corrected chi connectivity index (χ3v) is 5.60. The van der Waals surface area contributed by atoms with Crippen molar-refractivity contribution in [1.82, 2.24) is 0 Å². The number of carbonyl (C=O) groups is 2. The minimum absolute atomic E-state index is 0.0423. The van der Waals surface area contributed by atoms with Crippen LogP contribution in [0.25, 0.3) is 0 Å². The minimum Gasteiger partial charge on any atom is -0.466 e. The first kappa shape index (κ1) is 25.6. The van der Waals surface area contributed by atoms with Crippen LogP contribution in [0.15, 0.2) is 24.3 Å². The van der Waals surface area contributed by atoms with Crippen LogP contribution in [-0.2, 0) is 14.3 Å². The largest absolute Gasteiger partial charge is 0.466 e. The lowest BCUT2D eigenvalue weighted by Crippen LogP contribution is -2.19. The Morgan fingerprint density at radius 3 is 2.72 bits per heavy atom. The molecule has 0 spiro atoms. The highest BCUT2D eigenvalue weighted by Gasteiger charge is 2.39. The first-order chi connectivity index (χ1) is 13.9. The summed E-state index contributed by atoms with van der Waals surface area (Å²) in [5.74, 6) is -0.168. The number of esters is 1. The lowest BCUT2D eigenvalue weighted by Gasteiger charge is -2.18. The average Bonchev–Trinajstić information content (AvgIpc) is 2.94. The summed E-state index contributed by atoms with van der Waals surface area (Å²) in [6.07, 6.45) is 13.2. The van der Waals surface area contributed by atoms with E-state index in [2.05, 4.69) is 13.8 Å². The van der Waals surface area contributed by atoms with Crippen LogP contribution in [0.2, 0.25) is 0 Å². The molecule has 0 radical (unpaired) electrons. The molecule has 0 amide bonds. The van der Waals surface area contributed by atoms with Crippen LogP contribution in [0.3, 0.4) is 0 Å². The zero-order valence-corrected chi connectivity index (χ0v) is 18.4. The van der Waals surface area contributed by atoms with Crippen molar-refractivity contribution in [2.75, 3.05) is 6.61 Å². The van der Waals surface area contributed by atoms with E-state index in [1.54, 1.807) is 19.1 Å². The van der Waals surface area contributed by atoms with Gasteiger partial charge in [0.15, 0.2) is 0 Å². The molecular weight excluding hydrogens is 368 g/mol. The molecule has 5 nitrogen and oxygen atoms in total. The Labute approximate surface area is 176 Å². The van der Waals surface area contributed by atoms with E-state index in [0.717, 1.165) is 25.7 Å². The van der Waals surface area contributed by atoms with Crippen molar-refractivity contribution < 1.29 is 24.5 Å². The number of hydrogen-bond acceptors (Lipinski definition) is 5. The Balaban J connectivity index is 2.47. The van der Waals surface area contributed by atoms with Gasteiger partial charge in [-0.05, 0) is 38.5 Å². The molecule has 166 valence electrons. The normalized spacial score (nSPS) is 24.4.